The number of aromatic nitrogens is 1. The van der Waals surface area contributed by atoms with E-state index in [4.69, 9.17) is 0 Å². The van der Waals surface area contributed by atoms with Gasteiger partial charge < -0.3 is 5.32 Å². The summed E-state index contributed by atoms with van der Waals surface area (Å²) >= 11 is 0. The quantitative estimate of drug-likeness (QED) is 0.902. The van der Waals surface area contributed by atoms with Crippen LogP contribution in [0.3, 0.4) is 0 Å². The van der Waals surface area contributed by atoms with Gasteiger partial charge in [0.05, 0.1) is 0 Å². The number of hydrogen-bond donors (Lipinski definition) is 1. The highest BCUT2D eigenvalue weighted by atomic mass is 35.5. The Balaban J connectivity index is 0.00000133. The Bertz CT molecular complexity index is 398. The van der Waals surface area contributed by atoms with Crippen LogP contribution in [-0.4, -0.2) is 36.1 Å². The van der Waals surface area contributed by atoms with Gasteiger partial charge in [-0.15, -0.1) is 12.4 Å². The van der Waals surface area contributed by atoms with Gasteiger partial charge in [0.1, 0.15) is 0 Å². The molecule has 3 heterocycles. The summed E-state index contributed by atoms with van der Waals surface area (Å²) in [5.41, 5.74) is 3.07. The minimum Gasteiger partial charge on any atom is -0.317 e. The van der Waals surface area contributed by atoms with Crippen LogP contribution in [0.1, 0.15) is 30.5 Å². The van der Waals surface area contributed by atoms with Crippen LogP contribution < -0.4 is 5.32 Å². The molecule has 0 saturated carbocycles. The lowest BCUT2D eigenvalue weighted by Gasteiger charge is -2.33. The number of halogens is 1. The van der Waals surface area contributed by atoms with Crippen LogP contribution in [0.5, 0.6) is 0 Å². The van der Waals surface area contributed by atoms with Crippen LogP contribution >= 0.6 is 12.4 Å². The first-order valence-electron chi connectivity index (χ1n) is 7.10. The lowest BCUT2D eigenvalue weighted by Crippen LogP contribution is -2.38. The van der Waals surface area contributed by atoms with Crippen molar-refractivity contribution in [3.05, 3.63) is 29.6 Å². The minimum atomic E-state index is 0. The molecule has 1 N–H and O–H groups in total. The van der Waals surface area contributed by atoms with Crippen molar-refractivity contribution in [2.24, 2.45) is 5.41 Å². The maximum Gasteiger partial charge on any atom is 0.0372 e. The molecule has 4 heteroatoms. The van der Waals surface area contributed by atoms with Gasteiger partial charge in [0, 0.05) is 25.0 Å². The van der Waals surface area contributed by atoms with Crippen molar-refractivity contribution in [3.8, 4) is 0 Å². The van der Waals surface area contributed by atoms with Gasteiger partial charge >= 0.3 is 0 Å². The summed E-state index contributed by atoms with van der Waals surface area (Å²) in [6, 6.07) is 4.33. The van der Waals surface area contributed by atoms with Gasteiger partial charge in [-0.3, -0.25) is 9.88 Å². The Morgan fingerprint density at radius 1 is 1.26 bits per heavy atom. The number of aryl methyl sites for hydroxylation is 1. The summed E-state index contributed by atoms with van der Waals surface area (Å²) in [4.78, 5) is 7.00. The van der Waals surface area contributed by atoms with Crippen LogP contribution in [0.2, 0.25) is 0 Å². The molecule has 19 heavy (non-hydrogen) atoms. The smallest absolute Gasteiger partial charge is 0.0372 e. The topological polar surface area (TPSA) is 28.2 Å². The van der Waals surface area contributed by atoms with Crippen molar-refractivity contribution in [1.29, 1.82) is 0 Å². The van der Waals surface area contributed by atoms with Crippen LogP contribution in [0.25, 0.3) is 0 Å². The van der Waals surface area contributed by atoms with Gasteiger partial charge in [0.25, 0.3) is 0 Å². The summed E-state index contributed by atoms with van der Waals surface area (Å²) in [5.74, 6) is 0. The fourth-order valence-corrected chi connectivity index (χ4v) is 3.38. The molecule has 106 valence electrons. The van der Waals surface area contributed by atoms with Gasteiger partial charge in [0.15, 0.2) is 0 Å². The van der Waals surface area contributed by atoms with E-state index in [1.165, 1.54) is 51.0 Å². The van der Waals surface area contributed by atoms with Crippen molar-refractivity contribution in [1.82, 2.24) is 15.2 Å². The number of hydrogen-bond acceptors (Lipinski definition) is 3. The summed E-state index contributed by atoms with van der Waals surface area (Å²) in [6.07, 6.45) is 6.13. The van der Waals surface area contributed by atoms with Crippen LogP contribution in [0.4, 0.5) is 0 Å². The molecule has 2 fully saturated rings. The van der Waals surface area contributed by atoms with Crippen molar-refractivity contribution >= 4 is 12.4 Å². The van der Waals surface area contributed by atoms with E-state index in [2.05, 4.69) is 27.3 Å². The monoisotopic (exact) mass is 281 g/mol. The standard InChI is InChI=1S/C15H23N3.ClH/c1-13-2-3-14(10-17-13)11-18-9-6-15(12-18)4-7-16-8-5-15;/h2-3,10,16H,4-9,11-12H2,1H3;1H. The number of pyridine rings is 1. The summed E-state index contributed by atoms with van der Waals surface area (Å²) in [5, 5.41) is 3.48. The first-order chi connectivity index (χ1) is 8.76. The van der Waals surface area contributed by atoms with Crippen LogP contribution in [-0.2, 0) is 6.54 Å². The van der Waals surface area contributed by atoms with Gasteiger partial charge in [-0.05, 0) is 62.9 Å². The molecule has 0 aliphatic carbocycles. The number of rotatable bonds is 2. The van der Waals surface area contributed by atoms with Crippen molar-refractivity contribution in [2.45, 2.75) is 32.7 Å². The molecule has 1 spiro atoms. The predicted octanol–water partition coefficient (Wildman–Crippen LogP) is 2.39. The third-order valence-electron chi connectivity index (χ3n) is 4.56. The molecule has 0 bridgehead atoms. The van der Waals surface area contributed by atoms with E-state index in [0.717, 1.165) is 12.2 Å². The molecule has 0 aromatic carbocycles. The number of nitrogens with one attached hydrogen (secondary N) is 1. The highest BCUT2D eigenvalue weighted by Crippen LogP contribution is 2.38. The zero-order valence-electron chi connectivity index (χ0n) is 11.7. The van der Waals surface area contributed by atoms with Gasteiger partial charge in [0.2, 0.25) is 0 Å². The Morgan fingerprint density at radius 2 is 2.05 bits per heavy atom. The summed E-state index contributed by atoms with van der Waals surface area (Å²) < 4.78 is 0. The van der Waals surface area contributed by atoms with Gasteiger partial charge in [-0.2, -0.15) is 0 Å². The van der Waals surface area contributed by atoms with Crippen LogP contribution in [0, 0.1) is 12.3 Å². The summed E-state index contributed by atoms with van der Waals surface area (Å²) in [6.45, 7) is 8.07. The third kappa shape index (κ3) is 3.47. The summed E-state index contributed by atoms with van der Waals surface area (Å²) in [7, 11) is 0. The zero-order valence-corrected chi connectivity index (χ0v) is 12.5. The second-order valence-electron chi connectivity index (χ2n) is 6.02. The van der Waals surface area contributed by atoms with E-state index in [-0.39, 0.29) is 12.4 Å². The highest BCUT2D eigenvalue weighted by Gasteiger charge is 2.38. The molecule has 3 rings (SSSR count). The lowest BCUT2D eigenvalue weighted by molar-refractivity contribution is 0.194. The molecule has 0 radical (unpaired) electrons. The fraction of sp³-hybridized carbons (Fsp3) is 0.667. The lowest BCUT2D eigenvalue weighted by atomic mass is 9.78. The Hall–Kier alpha value is -0.640. The molecule has 0 unspecified atom stereocenters. The SMILES string of the molecule is Cc1ccc(CN2CCC3(CCNCC3)C2)cn1.Cl. The average Bonchev–Trinajstić information content (AvgIpc) is 2.76. The van der Waals surface area contributed by atoms with Crippen molar-refractivity contribution in [2.75, 3.05) is 26.2 Å². The minimum absolute atomic E-state index is 0. The molecule has 1 aromatic rings. The van der Waals surface area contributed by atoms with E-state index >= 15 is 0 Å². The molecular weight excluding hydrogens is 258 g/mol. The third-order valence-corrected chi connectivity index (χ3v) is 4.56. The van der Waals surface area contributed by atoms with Gasteiger partial charge in [-0.25, -0.2) is 0 Å². The normalized spacial score (nSPS) is 22.4. The zero-order chi connectivity index (χ0) is 12.4. The molecule has 0 atom stereocenters. The maximum atomic E-state index is 4.39. The van der Waals surface area contributed by atoms with E-state index in [0.29, 0.717) is 5.41 Å². The van der Waals surface area contributed by atoms with E-state index < -0.39 is 0 Å². The fourth-order valence-electron chi connectivity index (χ4n) is 3.38. The number of likely N-dealkylation sites (tertiary alicyclic amines) is 1. The number of piperidine rings is 1. The first-order valence-corrected chi connectivity index (χ1v) is 7.10. The van der Waals surface area contributed by atoms with Gasteiger partial charge in [-0.1, -0.05) is 6.07 Å². The molecule has 1 aromatic heterocycles. The molecule has 2 saturated heterocycles. The molecule has 2 aliphatic heterocycles. The molecular formula is C15H24ClN3. The van der Waals surface area contributed by atoms with E-state index in [1.807, 2.05) is 13.1 Å². The van der Waals surface area contributed by atoms with Crippen molar-refractivity contribution < 1.29 is 0 Å². The van der Waals surface area contributed by atoms with E-state index in [1.54, 1.807) is 0 Å². The highest BCUT2D eigenvalue weighted by molar-refractivity contribution is 5.85. The van der Waals surface area contributed by atoms with Crippen molar-refractivity contribution in [3.63, 3.8) is 0 Å². The maximum absolute atomic E-state index is 4.39. The average molecular weight is 282 g/mol. The molecule has 2 aliphatic rings. The van der Waals surface area contributed by atoms with E-state index in [9.17, 15) is 0 Å². The Morgan fingerprint density at radius 3 is 2.74 bits per heavy atom. The molecule has 0 amide bonds. The Kier molecular flexibility index (Phi) is 4.82. The number of nitrogens with zero attached hydrogens (tertiary/aromatic N) is 2. The predicted molar refractivity (Wildman–Crippen MR) is 80.7 cm³/mol. The Labute approximate surface area is 122 Å². The van der Waals surface area contributed by atoms with Crippen LogP contribution in [0.15, 0.2) is 18.3 Å². The molecule has 3 nitrogen and oxygen atoms in total. The second-order valence-corrected chi connectivity index (χ2v) is 6.02. The second kappa shape index (κ2) is 6.21. The first kappa shape index (κ1) is 14.8. The largest absolute Gasteiger partial charge is 0.317 e.